The van der Waals surface area contributed by atoms with Crippen molar-refractivity contribution < 1.29 is 14.3 Å². The number of aryl methyl sites for hydroxylation is 1. The minimum atomic E-state index is -0.0917. The molecule has 0 atom stereocenters. The number of nitrogens with zero attached hydrogens (tertiary/aromatic N) is 2. The Balaban J connectivity index is 1.38. The average Bonchev–Trinajstić information content (AvgIpc) is 2.80. The number of ether oxygens (including phenoxy) is 1. The summed E-state index contributed by atoms with van der Waals surface area (Å²) >= 11 is 0. The van der Waals surface area contributed by atoms with Crippen LogP contribution in [0.15, 0.2) is 48.5 Å². The van der Waals surface area contributed by atoms with Crippen molar-refractivity contribution in [2.24, 2.45) is 5.92 Å². The molecular formula is C26H30N4O3. The Bertz CT molecular complexity index is 1150. The lowest BCUT2D eigenvalue weighted by Crippen LogP contribution is -2.38. The van der Waals surface area contributed by atoms with E-state index < -0.39 is 0 Å². The first-order valence-electron chi connectivity index (χ1n) is 11.4. The number of rotatable bonds is 6. The summed E-state index contributed by atoms with van der Waals surface area (Å²) in [6.07, 6.45) is 1.56. The summed E-state index contributed by atoms with van der Waals surface area (Å²) < 4.78 is 5.45. The van der Waals surface area contributed by atoms with Gasteiger partial charge < -0.3 is 20.3 Å². The molecule has 0 bridgehead atoms. The summed E-state index contributed by atoms with van der Waals surface area (Å²) in [4.78, 5) is 31.2. The topological polar surface area (TPSA) is 83.6 Å². The van der Waals surface area contributed by atoms with Gasteiger partial charge in [-0.3, -0.25) is 9.59 Å². The van der Waals surface area contributed by atoms with E-state index in [1.165, 1.54) is 6.92 Å². The SMILES string of the molecule is CCOc1ccc(NC(=O)C2CCN(c3cc(C)c4cc(NC(C)=O)ccc4n3)CC2)cc1. The lowest BCUT2D eigenvalue weighted by atomic mass is 9.95. The third kappa shape index (κ3) is 5.42. The minimum absolute atomic E-state index is 0.0189. The van der Waals surface area contributed by atoms with Gasteiger partial charge in [0.25, 0.3) is 0 Å². The van der Waals surface area contributed by atoms with Gasteiger partial charge in [-0.05, 0) is 80.8 Å². The number of hydrogen-bond donors (Lipinski definition) is 2. The summed E-state index contributed by atoms with van der Waals surface area (Å²) in [5, 5.41) is 6.87. The normalized spacial score (nSPS) is 14.2. The molecule has 7 heteroatoms. The standard InChI is InChI=1S/C26H30N4O3/c1-4-33-22-8-5-20(6-9-22)28-26(32)19-11-13-30(14-12-19)25-15-17(2)23-16-21(27-18(3)31)7-10-24(23)29-25/h5-10,15-16,19H,4,11-14H2,1-3H3,(H,27,31)(H,28,32). The summed E-state index contributed by atoms with van der Waals surface area (Å²) in [5.41, 5.74) is 3.57. The molecule has 1 fully saturated rings. The van der Waals surface area contributed by atoms with Crippen LogP contribution in [0.3, 0.4) is 0 Å². The van der Waals surface area contributed by atoms with Crippen LogP contribution in [0.2, 0.25) is 0 Å². The van der Waals surface area contributed by atoms with Crippen LogP contribution in [0.5, 0.6) is 5.75 Å². The van der Waals surface area contributed by atoms with Crippen molar-refractivity contribution in [3.05, 3.63) is 54.1 Å². The monoisotopic (exact) mass is 446 g/mol. The maximum Gasteiger partial charge on any atom is 0.227 e. The smallest absolute Gasteiger partial charge is 0.227 e. The molecule has 4 rings (SSSR count). The maximum atomic E-state index is 12.8. The van der Waals surface area contributed by atoms with Gasteiger partial charge in [0.1, 0.15) is 11.6 Å². The van der Waals surface area contributed by atoms with Crippen molar-refractivity contribution in [3.63, 3.8) is 0 Å². The first kappa shape index (κ1) is 22.6. The third-order valence-electron chi connectivity index (χ3n) is 5.94. The third-order valence-corrected chi connectivity index (χ3v) is 5.94. The Morgan fingerprint density at radius 2 is 1.73 bits per heavy atom. The number of piperidine rings is 1. The molecule has 172 valence electrons. The number of hydrogen-bond acceptors (Lipinski definition) is 5. The van der Waals surface area contributed by atoms with E-state index in [4.69, 9.17) is 9.72 Å². The lowest BCUT2D eigenvalue weighted by molar-refractivity contribution is -0.120. The molecule has 2 heterocycles. The van der Waals surface area contributed by atoms with E-state index in [9.17, 15) is 9.59 Å². The van der Waals surface area contributed by atoms with Crippen LogP contribution < -0.4 is 20.3 Å². The molecule has 0 aliphatic carbocycles. The van der Waals surface area contributed by atoms with Crippen LogP contribution in [0.1, 0.15) is 32.3 Å². The maximum absolute atomic E-state index is 12.8. The molecule has 1 saturated heterocycles. The molecule has 1 aliphatic heterocycles. The molecule has 2 amide bonds. The highest BCUT2D eigenvalue weighted by Crippen LogP contribution is 2.28. The Hall–Kier alpha value is -3.61. The fourth-order valence-electron chi connectivity index (χ4n) is 4.24. The van der Waals surface area contributed by atoms with E-state index in [0.717, 1.165) is 65.3 Å². The predicted octanol–water partition coefficient (Wildman–Crippen LogP) is 4.76. The van der Waals surface area contributed by atoms with Crippen LogP contribution in [0.4, 0.5) is 17.2 Å². The Labute approximate surface area is 194 Å². The summed E-state index contributed by atoms with van der Waals surface area (Å²) in [7, 11) is 0. The second-order valence-electron chi connectivity index (χ2n) is 8.42. The van der Waals surface area contributed by atoms with E-state index in [2.05, 4.69) is 28.5 Å². The first-order chi connectivity index (χ1) is 15.9. The zero-order valence-electron chi connectivity index (χ0n) is 19.4. The van der Waals surface area contributed by atoms with Crippen LogP contribution in [0, 0.1) is 12.8 Å². The Morgan fingerprint density at radius 3 is 2.39 bits per heavy atom. The molecule has 1 aromatic heterocycles. The number of fused-ring (bicyclic) bond motifs is 1. The van der Waals surface area contributed by atoms with Gasteiger partial charge in [0.05, 0.1) is 12.1 Å². The van der Waals surface area contributed by atoms with Crippen LogP contribution in [0.25, 0.3) is 10.9 Å². The second-order valence-corrected chi connectivity index (χ2v) is 8.42. The zero-order valence-corrected chi connectivity index (χ0v) is 19.4. The van der Waals surface area contributed by atoms with Crippen molar-refractivity contribution in [1.82, 2.24) is 4.98 Å². The second kappa shape index (κ2) is 9.90. The number of amides is 2. The Kier molecular flexibility index (Phi) is 6.77. The molecule has 3 aromatic rings. The van der Waals surface area contributed by atoms with E-state index in [0.29, 0.717) is 6.61 Å². The van der Waals surface area contributed by atoms with Crippen molar-refractivity contribution in [2.75, 3.05) is 35.2 Å². The number of anilines is 3. The molecule has 7 nitrogen and oxygen atoms in total. The Morgan fingerprint density at radius 1 is 1.03 bits per heavy atom. The largest absolute Gasteiger partial charge is 0.494 e. The van der Waals surface area contributed by atoms with Gasteiger partial charge in [0, 0.05) is 42.7 Å². The summed E-state index contributed by atoms with van der Waals surface area (Å²) in [5.74, 6) is 1.68. The first-order valence-corrected chi connectivity index (χ1v) is 11.4. The molecule has 33 heavy (non-hydrogen) atoms. The molecule has 0 spiro atoms. The zero-order chi connectivity index (χ0) is 23.4. The van der Waals surface area contributed by atoms with Gasteiger partial charge in [-0.15, -0.1) is 0 Å². The number of benzene rings is 2. The highest BCUT2D eigenvalue weighted by Gasteiger charge is 2.26. The van der Waals surface area contributed by atoms with E-state index >= 15 is 0 Å². The highest BCUT2D eigenvalue weighted by molar-refractivity contribution is 5.94. The van der Waals surface area contributed by atoms with Gasteiger partial charge in [-0.2, -0.15) is 0 Å². The molecule has 2 aromatic carbocycles. The predicted molar refractivity (Wildman–Crippen MR) is 132 cm³/mol. The van der Waals surface area contributed by atoms with E-state index in [1.54, 1.807) is 0 Å². The molecule has 2 N–H and O–H groups in total. The molecule has 0 radical (unpaired) electrons. The van der Waals surface area contributed by atoms with Gasteiger partial charge in [-0.1, -0.05) is 0 Å². The van der Waals surface area contributed by atoms with Crippen LogP contribution in [-0.2, 0) is 9.59 Å². The summed E-state index contributed by atoms with van der Waals surface area (Å²) in [6.45, 7) is 7.68. The van der Waals surface area contributed by atoms with Crippen molar-refractivity contribution >= 4 is 39.9 Å². The number of pyridine rings is 1. The van der Waals surface area contributed by atoms with Crippen molar-refractivity contribution in [3.8, 4) is 5.75 Å². The van der Waals surface area contributed by atoms with Gasteiger partial charge in [0.2, 0.25) is 11.8 Å². The van der Waals surface area contributed by atoms with Crippen molar-refractivity contribution in [1.29, 1.82) is 0 Å². The van der Waals surface area contributed by atoms with E-state index in [1.807, 2.05) is 49.4 Å². The minimum Gasteiger partial charge on any atom is -0.494 e. The molecular weight excluding hydrogens is 416 g/mol. The molecule has 0 unspecified atom stereocenters. The number of carbonyl (C=O) groups is 2. The number of carbonyl (C=O) groups excluding carboxylic acids is 2. The van der Waals surface area contributed by atoms with Crippen LogP contribution >= 0.6 is 0 Å². The van der Waals surface area contributed by atoms with Crippen LogP contribution in [-0.4, -0.2) is 36.5 Å². The lowest BCUT2D eigenvalue weighted by Gasteiger charge is -2.32. The van der Waals surface area contributed by atoms with Gasteiger partial charge >= 0.3 is 0 Å². The molecule has 1 aliphatic rings. The summed E-state index contributed by atoms with van der Waals surface area (Å²) in [6, 6.07) is 15.3. The average molecular weight is 447 g/mol. The fourth-order valence-corrected chi connectivity index (χ4v) is 4.24. The highest BCUT2D eigenvalue weighted by atomic mass is 16.5. The van der Waals surface area contributed by atoms with Gasteiger partial charge in [0.15, 0.2) is 0 Å². The number of nitrogens with one attached hydrogen (secondary N) is 2. The fraction of sp³-hybridized carbons (Fsp3) is 0.346. The van der Waals surface area contributed by atoms with Gasteiger partial charge in [-0.25, -0.2) is 4.98 Å². The quantitative estimate of drug-likeness (QED) is 0.571. The van der Waals surface area contributed by atoms with Crippen molar-refractivity contribution in [2.45, 2.75) is 33.6 Å². The van der Waals surface area contributed by atoms with E-state index in [-0.39, 0.29) is 17.7 Å². The number of aromatic nitrogens is 1. The molecule has 0 saturated carbocycles.